The van der Waals surface area contributed by atoms with Crippen molar-refractivity contribution in [3.05, 3.63) is 82.9 Å². The Balaban J connectivity index is 1.76. The number of benzene rings is 3. The predicted octanol–water partition coefficient (Wildman–Crippen LogP) is 6.78. The standard InChI is InChI=1S/C30H36N2O4/c1-29(2,3)17-19-10-7-14-23(25(19)33)27(35)31-21-12-9-13-22(16-21)32-28(36)24-15-8-11-20(26(24)34)18-30(4,5)6/h7-16,33-34H,17-18H2,1-6H3,(H,31,35)(H,32,36). The summed E-state index contributed by atoms with van der Waals surface area (Å²) in [5.74, 6) is -0.946. The summed E-state index contributed by atoms with van der Waals surface area (Å²) in [6.45, 7) is 12.4. The molecule has 0 bridgehead atoms. The highest BCUT2D eigenvalue weighted by Gasteiger charge is 2.20. The lowest BCUT2D eigenvalue weighted by atomic mass is 9.87. The van der Waals surface area contributed by atoms with Crippen LogP contribution >= 0.6 is 0 Å². The minimum absolute atomic E-state index is 0.0278. The van der Waals surface area contributed by atoms with Crippen LogP contribution in [0.4, 0.5) is 11.4 Å². The molecular weight excluding hydrogens is 452 g/mol. The number of hydrogen-bond donors (Lipinski definition) is 4. The number of phenols is 2. The van der Waals surface area contributed by atoms with Crippen LogP contribution in [0.3, 0.4) is 0 Å². The summed E-state index contributed by atoms with van der Waals surface area (Å²) >= 11 is 0. The zero-order valence-electron chi connectivity index (χ0n) is 21.9. The van der Waals surface area contributed by atoms with Crippen LogP contribution in [0, 0.1) is 10.8 Å². The summed E-state index contributed by atoms with van der Waals surface area (Å²) in [5, 5.41) is 26.9. The van der Waals surface area contributed by atoms with Gasteiger partial charge in [0.25, 0.3) is 11.8 Å². The first kappa shape index (κ1) is 26.8. The van der Waals surface area contributed by atoms with Crippen molar-refractivity contribution in [2.45, 2.75) is 54.4 Å². The van der Waals surface area contributed by atoms with Gasteiger partial charge in [-0.2, -0.15) is 0 Å². The molecule has 0 spiro atoms. The average Bonchev–Trinajstić information content (AvgIpc) is 2.75. The minimum atomic E-state index is -0.445. The summed E-state index contributed by atoms with van der Waals surface area (Å²) in [7, 11) is 0. The molecule has 3 rings (SSSR count). The lowest BCUT2D eigenvalue weighted by molar-refractivity contribution is 0.101. The number of anilines is 2. The number of carbonyl (C=O) groups excluding carboxylic acids is 2. The molecule has 0 atom stereocenters. The van der Waals surface area contributed by atoms with Crippen LogP contribution < -0.4 is 10.6 Å². The molecule has 6 nitrogen and oxygen atoms in total. The van der Waals surface area contributed by atoms with Gasteiger partial charge in [-0.25, -0.2) is 0 Å². The molecule has 0 aliphatic carbocycles. The summed E-state index contributed by atoms with van der Waals surface area (Å²) in [6, 6.07) is 17.0. The quantitative estimate of drug-likeness (QED) is 0.307. The van der Waals surface area contributed by atoms with E-state index in [0.29, 0.717) is 35.3 Å². The molecule has 0 heterocycles. The molecule has 0 aliphatic heterocycles. The second-order valence-corrected chi connectivity index (χ2v) is 11.6. The first-order valence-electron chi connectivity index (χ1n) is 12.1. The van der Waals surface area contributed by atoms with Crippen molar-refractivity contribution >= 4 is 23.2 Å². The fourth-order valence-electron chi connectivity index (χ4n) is 4.05. The SMILES string of the molecule is CC(C)(C)Cc1cccc(C(=O)Nc2cccc(NC(=O)c3cccc(CC(C)(C)C)c3O)c2)c1O. The molecule has 4 N–H and O–H groups in total. The van der Waals surface area contributed by atoms with Crippen molar-refractivity contribution < 1.29 is 19.8 Å². The Morgan fingerprint density at radius 3 is 1.36 bits per heavy atom. The second-order valence-electron chi connectivity index (χ2n) is 11.6. The van der Waals surface area contributed by atoms with Gasteiger partial charge in [0, 0.05) is 11.4 Å². The van der Waals surface area contributed by atoms with Crippen molar-refractivity contribution in [2.24, 2.45) is 10.8 Å². The predicted molar refractivity (Wildman–Crippen MR) is 145 cm³/mol. The average molecular weight is 489 g/mol. The lowest BCUT2D eigenvalue weighted by Crippen LogP contribution is -2.16. The molecular formula is C30H36N2O4. The number of para-hydroxylation sites is 2. The van der Waals surface area contributed by atoms with Crippen molar-refractivity contribution in [1.29, 1.82) is 0 Å². The normalized spacial score (nSPS) is 11.7. The number of phenolic OH excluding ortho intramolecular Hbond substituents is 2. The van der Waals surface area contributed by atoms with Crippen LogP contribution in [0.5, 0.6) is 11.5 Å². The van der Waals surface area contributed by atoms with E-state index in [9.17, 15) is 19.8 Å². The summed E-state index contributed by atoms with van der Waals surface area (Å²) in [6.07, 6.45) is 1.26. The van der Waals surface area contributed by atoms with Crippen molar-refractivity contribution in [1.82, 2.24) is 0 Å². The topological polar surface area (TPSA) is 98.7 Å². The van der Waals surface area contributed by atoms with Crippen LogP contribution in [0.25, 0.3) is 0 Å². The van der Waals surface area contributed by atoms with Gasteiger partial charge in [0.05, 0.1) is 11.1 Å². The molecule has 190 valence electrons. The Labute approximate surface area is 213 Å². The zero-order chi connectivity index (χ0) is 26.7. The van der Waals surface area contributed by atoms with Gasteiger partial charge in [0.2, 0.25) is 0 Å². The number of amides is 2. The highest BCUT2D eigenvalue weighted by atomic mass is 16.3. The van der Waals surface area contributed by atoms with E-state index in [4.69, 9.17) is 0 Å². The van der Waals surface area contributed by atoms with Gasteiger partial charge in [0.15, 0.2) is 0 Å². The van der Waals surface area contributed by atoms with Gasteiger partial charge in [-0.1, -0.05) is 71.9 Å². The van der Waals surface area contributed by atoms with Crippen molar-refractivity contribution in [3.63, 3.8) is 0 Å². The van der Waals surface area contributed by atoms with Crippen LogP contribution in [-0.4, -0.2) is 22.0 Å². The molecule has 2 amide bonds. The van der Waals surface area contributed by atoms with Crippen molar-refractivity contribution in [2.75, 3.05) is 10.6 Å². The summed E-state index contributed by atoms with van der Waals surface area (Å²) in [5.41, 5.74) is 2.64. The third-order valence-electron chi connectivity index (χ3n) is 5.55. The molecule has 36 heavy (non-hydrogen) atoms. The molecule has 0 radical (unpaired) electrons. The molecule has 0 saturated heterocycles. The minimum Gasteiger partial charge on any atom is -0.507 e. The molecule has 0 fully saturated rings. The maximum absolute atomic E-state index is 12.9. The molecule has 3 aromatic rings. The van der Waals surface area contributed by atoms with Crippen LogP contribution in [0.15, 0.2) is 60.7 Å². The number of aromatic hydroxyl groups is 2. The Morgan fingerprint density at radius 2 is 1.00 bits per heavy atom. The molecule has 0 unspecified atom stereocenters. The first-order chi connectivity index (χ1) is 16.7. The van der Waals surface area contributed by atoms with Gasteiger partial charge in [-0.15, -0.1) is 0 Å². The fourth-order valence-corrected chi connectivity index (χ4v) is 4.05. The molecule has 6 heteroatoms. The van der Waals surface area contributed by atoms with E-state index in [0.717, 1.165) is 0 Å². The molecule has 3 aromatic carbocycles. The smallest absolute Gasteiger partial charge is 0.259 e. The van der Waals surface area contributed by atoms with Crippen LogP contribution in [0.1, 0.15) is 73.4 Å². The third kappa shape index (κ3) is 7.11. The maximum Gasteiger partial charge on any atom is 0.259 e. The largest absolute Gasteiger partial charge is 0.507 e. The highest BCUT2D eigenvalue weighted by Crippen LogP contribution is 2.31. The van der Waals surface area contributed by atoms with E-state index in [1.54, 1.807) is 48.5 Å². The number of carbonyl (C=O) groups is 2. The highest BCUT2D eigenvalue weighted by molar-refractivity contribution is 6.08. The van der Waals surface area contributed by atoms with Crippen LogP contribution in [-0.2, 0) is 12.8 Å². The fraction of sp³-hybridized carbons (Fsp3) is 0.333. The monoisotopic (exact) mass is 488 g/mol. The number of rotatable bonds is 6. The Kier molecular flexibility index (Phi) is 7.77. The second kappa shape index (κ2) is 10.4. The number of hydrogen-bond acceptors (Lipinski definition) is 4. The Morgan fingerprint density at radius 1 is 0.639 bits per heavy atom. The molecule has 0 saturated carbocycles. The van der Waals surface area contributed by atoms with Crippen LogP contribution in [0.2, 0.25) is 0 Å². The van der Waals surface area contributed by atoms with E-state index in [1.807, 2.05) is 12.1 Å². The van der Waals surface area contributed by atoms with Gasteiger partial charge < -0.3 is 20.8 Å². The first-order valence-corrected chi connectivity index (χ1v) is 12.1. The third-order valence-corrected chi connectivity index (χ3v) is 5.55. The molecule has 0 aromatic heterocycles. The number of nitrogens with one attached hydrogen (secondary N) is 2. The van der Waals surface area contributed by atoms with Gasteiger partial charge in [0.1, 0.15) is 11.5 Å². The van der Waals surface area contributed by atoms with Gasteiger partial charge >= 0.3 is 0 Å². The molecule has 0 aliphatic rings. The van der Waals surface area contributed by atoms with E-state index < -0.39 is 11.8 Å². The Bertz CT molecular complexity index is 1170. The van der Waals surface area contributed by atoms with E-state index in [2.05, 4.69) is 52.2 Å². The van der Waals surface area contributed by atoms with E-state index in [1.165, 1.54) is 0 Å². The van der Waals surface area contributed by atoms with E-state index in [-0.39, 0.29) is 33.5 Å². The van der Waals surface area contributed by atoms with Gasteiger partial charge in [-0.3, -0.25) is 9.59 Å². The van der Waals surface area contributed by atoms with Crippen molar-refractivity contribution in [3.8, 4) is 11.5 Å². The summed E-state index contributed by atoms with van der Waals surface area (Å²) in [4.78, 5) is 25.8. The maximum atomic E-state index is 12.9. The van der Waals surface area contributed by atoms with E-state index >= 15 is 0 Å². The van der Waals surface area contributed by atoms with Gasteiger partial charge in [-0.05, 0) is 65.1 Å². The Hall–Kier alpha value is -3.80. The summed E-state index contributed by atoms with van der Waals surface area (Å²) < 4.78 is 0. The zero-order valence-corrected chi connectivity index (χ0v) is 21.9. The lowest BCUT2D eigenvalue weighted by Gasteiger charge is -2.20.